The topological polar surface area (TPSA) is 59.0 Å². The Kier molecular flexibility index (Phi) is 3.78. The van der Waals surface area contributed by atoms with Crippen molar-refractivity contribution in [3.63, 3.8) is 0 Å². The largest absolute Gasteiger partial charge is 0.324 e. The zero-order valence-corrected chi connectivity index (χ0v) is 11.2. The maximum absolute atomic E-state index is 12.3. The molecule has 1 fully saturated rings. The van der Waals surface area contributed by atoms with Crippen molar-refractivity contribution in [2.75, 3.05) is 18.4 Å². The van der Waals surface area contributed by atoms with Gasteiger partial charge in [0.25, 0.3) is 0 Å². The molecule has 0 spiro atoms. The molecular weight excluding hydrogens is 252 g/mol. The van der Waals surface area contributed by atoms with E-state index >= 15 is 0 Å². The minimum Gasteiger partial charge on any atom is -0.324 e. The van der Waals surface area contributed by atoms with Crippen LogP contribution in [0.25, 0.3) is 5.69 Å². The molecule has 3 rings (SSSR count). The molecule has 1 aliphatic heterocycles. The summed E-state index contributed by atoms with van der Waals surface area (Å²) in [6.45, 7) is 1.77. The Bertz CT molecular complexity index is 573. The van der Waals surface area contributed by atoms with Crippen molar-refractivity contribution in [1.82, 2.24) is 15.1 Å². The molecule has 0 radical (unpaired) electrons. The van der Waals surface area contributed by atoms with Gasteiger partial charge in [-0.15, -0.1) is 0 Å². The predicted molar refractivity (Wildman–Crippen MR) is 77.8 cm³/mol. The summed E-state index contributed by atoms with van der Waals surface area (Å²) in [5.41, 5.74) is 1.68. The van der Waals surface area contributed by atoms with Gasteiger partial charge in [0, 0.05) is 18.9 Å². The number of para-hydroxylation sites is 2. The Morgan fingerprint density at radius 3 is 3.00 bits per heavy atom. The molecule has 0 bridgehead atoms. The van der Waals surface area contributed by atoms with E-state index in [0.717, 1.165) is 37.3 Å². The molecule has 1 unspecified atom stereocenters. The van der Waals surface area contributed by atoms with E-state index in [9.17, 15) is 4.79 Å². The lowest BCUT2D eigenvalue weighted by Crippen LogP contribution is -2.37. The van der Waals surface area contributed by atoms with E-state index in [2.05, 4.69) is 15.7 Å². The fourth-order valence-electron chi connectivity index (χ4n) is 2.50. The lowest BCUT2D eigenvalue weighted by molar-refractivity contribution is -0.120. The molecule has 1 aliphatic rings. The number of piperidine rings is 1. The fourth-order valence-corrected chi connectivity index (χ4v) is 2.50. The Morgan fingerprint density at radius 1 is 1.35 bits per heavy atom. The summed E-state index contributed by atoms with van der Waals surface area (Å²) in [5, 5.41) is 10.5. The van der Waals surface area contributed by atoms with Crippen molar-refractivity contribution < 1.29 is 4.79 Å². The van der Waals surface area contributed by atoms with E-state index in [1.807, 2.05) is 36.5 Å². The number of carbonyl (C=O) groups excluding carboxylic acids is 1. The number of anilines is 1. The fraction of sp³-hybridized carbons (Fsp3) is 0.333. The van der Waals surface area contributed by atoms with Gasteiger partial charge in [0.1, 0.15) is 0 Å². The van der Waals surface area contributed by atoms with Crippen LogP contribution in [0, 0.1) is 5.92 Å². The summed E-state index contributed by atoms with van der Waals surface area (Å²) in [5.74, 6) is 0.131. The molecule has 1 aromatic heterocycles. The molecule has 0 saturated carbocycles. The Labute approximate surface area is 118 Å². The van der Waals surface area contributed by atoms with Gasteiger partial charge in [-0.25, -0.2) is 4.68 Å². The third-order valence-electron chi connectivity index (χ3n) is 3.58. The second kappa shape index (κ2) is 5.88. The number of amides is 1. The van der Waals surface area contributed by atoms with E-state index in [0.29, 0.717) is 0 Å². The lowest BCUT2D eigenvalue weighted by atomic mass is 9.99. The molecule has 1 aromatic carbocycles. The van der Waals surface area contributed by atoms with Gasteiger partial charge in [-0.05, 0) is 37.6 Å². The van der Waals surface area contributed by atoms with Gasteiger partial charge < -0.3 is 10.6 Å². The molecule has 2 aromatic rings. The minimum atomic E-state index is 0.0504. The van der Waals surface area contributed by atoms with E-state index < -0.39 is 0 Å². The monoisotopic (exact) mass is 270 g/mol. The van der Waals surface area contributed by atoms with E-state index in [4.69, 9.17) is 0 Å². The van der Waals surface area contributed by atoms with E-state index in [-0.39, 0.29) is 11.8 Å². The molecule has 0 aliphatic carbocycles. The Balaban J connectivity index is 1.79. The summed E-state index contributed by atoms with van der Waals surface area (Å²) < 4.78 is 1.76. The summed E-state index contributed by atoms with van der Waals surface area (Å²) in [7, 11) is 0. The summed E-state index contributed by atoms with van der Waals surface area (Å²) in [6, 6.07) is 9.58. The van der Waals surface area contributed by atoms with Crippen LogP contribution in [0.15, 0.2) is 42.7 Å². The molecule has 2 heterocycles. The number of rotatable bonds is 3. The molecule has 5 nitrogen and oxygen atoms in total. The first-order valence-electron chi connectivity index (χ1n) is 6.95. The Morgan fingerprint density at radius 2 is 2.25 bits per heavy atom. The summed E-state index contributed by atoms with van der Waals surface area (Å²) in [6.07, 6.45) is 5.60. The van der Waals surface area contributed by atoms with Crippen LogP contribution in [0.5, 0.6) is 0 Å². The third kappa shape index (κ3) is 2.72. The maximum atomic E-state index is 12.3. The van der Waals surface area contributed by atoms with Crippen molar-refractivity contribution in [3.8, 4) is 5.69 Å². The number of carbonyl (C=O) groups is 1. The number of nitrogens with one attached hydrogen (secondary N) is 2. The minimum absolute atomic E-state index is 0.0504. The molecule has 1 atom stereocenters. The van der Waals surface area contributed by atoms with Gasteiger partial charge in [0.15, 0.2) is 0 Å². The average molecular weight is 270 g/mol. The number of nitrogens with zero attached hydrogens (tertiary/aromatic N) is 2. The summed E-state index contributed by atoms with van der Waals surface area (Å²) in [4.78, 5) is 12.3. The first-order chi connectivity index (χ1) is 9.84. The van der Waals surface area contributed by atoms with Gasteiger partial charge in [-0.1, -0.05) is 12.1 Å². The first kappa shape index (κ1) is 12.9. The number of hydrogen-bond donors (Lipinski definition) is 2. The standard InChI is InChI=1S/C15H18N4O/c20-15(12-5-3-8-16-11-12)18-13-6-1-2-7-14(13)19-10-4-9-17-19/h1-2,4,6-7,9-10,12,16H,3,5,8,11H2,(H,18,20). The third-order valence-corrected chi connectivity index (χ3v) is 3.58. The quantitative estimate of drug-likeness (QED) is 0.894. The maximum Gasteiger partial charge on any atom is 0.228 e. The van der Waals surface area contributed by atoms with Crippen LogP contribution in [0.1, 0.15) is 12.8 Å². The molecule has 1 amide bonds. The number of benzene rings is 1. The van der Waals surface area contributed by atoms with Crippen LogP contribution in [0.4, 0.5) is 5.69 Å². The van der Waals surface area contributed by atoms with E-state index in [1.54, 1.807) is 10.9 Å². The molecule has 5 heteroatoms. The van der Waals surface area contributed by atoms with Crippen molar-refractivity contribution in [2.45, 2.75) is 12.8 Å². The van der Waals surface area contributed by atoms with Gasteiger partial charge in [0.2, 0.25) is 5.91 Å². The van der Waals surface area contributed by atoms with Crippen molar-refractivity contribution in [2.24, 2.45) is 5.92 Å². The van der Waals surface area contributed by atoms with Crippen LogP contribution in [-0.2, 0) is 4.79 Å². The van der Waals surface area contributed by atoms with E-state index in [1.165, 1.54) is 0 Å². The molecule has 104 valence electrons. The molecule has 20 heavy (non-hydrogen) atoms. The smallest absolute Gasteiger partial charge is 0.228 e. The second-order valence-electron chi connectivity index (χ2n) is 5.00. The normalized spacial score (nSPS) is 18.7. The SMILES string of the molecule is O=C(Nc1ccccc1-n1cccn1)C1CCCNC1. The molecular formula is C15H18N4O. The zero-order chi connectivity index (χ0) is 13.8. The second-order valence-corrected chi connectivity index (χ2v) is 5.00. The van der Waals surface area contributed by atoms with Crippen LogP contribution in [0.3, 0.4) is 0 Å². The van der Waals surface area contributed by atoms with Crippen LogP contribution in [-0.4, -0.2) is 28.8 Å². The van der Waals surface area contributed by atoms with Gasteiger partial charge in [-0.3, -0.25) is 4.79 Å². The number of hydrogen-bond acceptors (Lipinski definition) is 3. The van der Waals surface area contributed by atoms with Gasteiger partial charge in [-0.2, -0.15) is 5.10 Å². The first-order valence-corrected chi connectivity index (χ1v) is 6.95. The highest BCUT2D eigenvalue weighted by Crippen LogP contribution is 2.21. The lowest BCUT2D eigenvalue weighted by Gasteiger charge is -2.22. The highest BCUT2D eigenvalue weighted by molar-refractivity contribution is 5.94. The van der Waals surface area contributed by atoms with Crippen LogP contribution >= 0.6 is 0 Å². The van der Waals surface area contributed by atoms with Crippen molar-refractivity contribution in [3.05, 3.63) is 42.7 Å². The number of aromatic nitrogens is 2. The van der Waals surface area contributed by atoms with Gasteiger partial charge >= 0.3 is 0 Å². The van der Waals surface area contributed by atoms with Gasteiger partial charge in [0.05, 0.1) is 17.3 Å². The molecule has 1 saturated heterocycles. The average Bonchev–Trinajstić information content (AvgIpc) is 3.03. The predicted octanol–water partition coefficient (Wildman–Crippen LogP) is 1.81. The van der Waals surface area contributed by atoms with Crippen molar-refractivity contribution >= 4 is 11.6 Å². The highest BCUT2D eigenvalue weighted by atomic mass is 16.1. The zero-order valence-electron chi connectivity index (χ0n) is 11.2. The molecule has 2 N–H and O–H groups in total. The highest BCUT2D eigenvalue weighted by Gasteiger charge is 2.21. The summed E-state index contributed by atoms with van der Waals surface area (Å²) >= 11 is 0. The van der Waals surface area contributed by atoms with Crippen molar-refractivity contribution in [1.29, 1.82) is 0 Å². The van der Waals surface area contributed by atoms with Crippen LogP contribution in [0.2, 0.25) is 0 Å². The van der Waals surface area contributed by atoms with Crippen LogP contribution < -0.4 is 10.6 Å². The Hall–Kier alpha value is -2.14.